The molecule has 1 fully saturated rings. The molecule has 36 heavy (non-hydrogen) atoms. The van der Waals surface area contributed by atoms with E-state index in [9.17, 15) is 27.2 Å². The SMILES string of the molecule is CC[C@@H](C=CC(=O)Nc1nnc(-c2ccc(F)cc2)s1)NC(=O)[C@@H]1CCCCN1.O=C(O)C(F)(F)F. The van der Waals surface area contributed by atoms with Crippen LogP contribution < -0.4 is 16.0 Å². The molecule has 14 heteroatoms. The van der Waals surface area contributed by atoms with Crippen LogP contribution in [-0.2, 0) is 14.4 Å². The number of nitrogens with zero attached hydrogens (tertiary/aromatic N) is 2. The van der Waals surface area contributed by atoms with Gasteiger partial charge in [0, 0.05) is 17.7 Å². The fourth-order valence-corrected chi connectivity index (χ4v) is 3.73. The Bertz CT molecular complexity index is 1050. The van der Waals surface area contributed by atoms with E-state index in [0.717, 1.165) is 31.4 Å². The van der Waals surface area contributed by atoms with E-state index >= 15 is 0 Å². The van der Waals surface area contributed by atoms with Gasteiger partial charge < -0.3 is 15.7 Å². The van der Waals surface area contributed by atoms with Crippen molar-refractivity contribution < 1.29 is 37.1 Å². The molecule has 1 saturated heterocycles. The maximum atomic E-state index is 13.0. The molecular formula is C22H25F4N5O4S. The predicted molar refractivity (Wildman–Crippen MR) is 125 cm³/mol. The number of carbonyl (C=O) groups excluding carboxylic acids is 2. The van der Waals surface area contributed by atoms with E-state index < -0.39 is 12.1 Å². The lowest BCUT2D eigenvalue weighted by molar-refractivity contribution is -0.192. The molecule has 1 aliphatic heterocycles. The number of aliphatic carboxylic acids is 1. The molecule has 9 nitrogen and oxygen atoms in total. The summed E-state index contributed by atoms with van der Waals surface area (Å²) in [4.78, 5) is 33.4. The van der Waals surface area contributed by atoms with Gasteiger partial charge in [0.1, 0.15) is 10.8 Å². The average Bonchev–Trinajstić information content (AvgIpc) is 3.30. The lowest BCUT2D eigenvalue weighted by Gasteiger charge is -2.24. The fraction of sp³-hybridized carbons (Fsp3) is 0.409. The van der Waals surface area contributed by atoms with Gasteiger partial charge in [-0.3, -0.25) is 14.9 Å². The molecule has 0 spiro atoms. The third-order valence-electron chi connectivity index (χ3n) is 4.86. The van der Waals surface area contributed by atoms with Gasteiger partial charge in [-0.1, -0.05) is 30.8 Å². The predicted octanol–water partition coefficient (Wildman–Crippen LogP) is 3.51. The van der Waals surface area contributed by atoms with E-state index in [1.165, 1.54) is 29.5 Å². The van der Waals surface area contributed by atoms with Crippen molar-refractivity contribution in [3.8, 4) is 10.6 Å². The Labute approximate surface area is 208 Å². The normalized spacial score (nSPS) is 16.5. The summed E-state index contributed by atoms with van der Waals surface area (Å²) in [7, 11) is 0. The summed E-state index contributed by atoms with van der Waals surface area (Å²) in [5.41, 5.74) is 0.727. The molecule has 0 bridgehead atoms. The number of amides is 2. The van der Waals surface area contributed by atoms with E-state index in [2.05, 4.69) is 26.1 Å². The first-order valence-electron chi connectivity index (χ1n) is 10.9. The molecule has 2 atom stereocenters. The summed E-state index contributed by atoms with van der Waals surface area (Å²) in [5.74, 6) is -3.47. The van der Waals surface area contributed by atoms with Crippen molar-refractivity contribution in [3.05, 3.63) is 42.2 Å². The number of hydrogen-bond acceptors (Lipinski definition) is 7. The standard InChI is InChI=1S/C20H24FN5O2S.C2HF3O2/c1-2-15(23-18(28)16-5-3-4-12-22-16)10-11-17(27)24-20-26-25-19(29-20)13-6-8-14(21)9-7-13;3-2(4,5)1(6)7/h6-11,15-16,22H,2-5,12H2,1H3,(H,23,28)(H,24,26,27);(H,6,7)/t15-,16-;/m0./s1. The van der Waals surface area contributed by atoms with Gasteiger partial charge in [0.25, 0.3) is 0 Å². The van der Waals surface area contributed by atoms with Crippen LogP contribution >= 0.6 is 11.3 Å². The Kier molecular flexibility index (Phi) is 10.9. The molecule has 3 rings (SSSR count). The Morgan fingerprint density at radius 3 is 2.44 bits per heavy atom. The number of carboxylic acid groups (broad SMARTS) is 1. The topological polar surface area (TPSA) is 133 Å². The van der Waals surface area contributed by atoms with Gasteiger partial charge >= 0.3 is 12.1 Å². The molecule has 2 amide bonds. The number of alkyl halides is 3. The fourth-order valence-electron chi connectivity index (χ4n) is 2.98. The molecule has 1 aromatic carbocycles. The number of carboxylic acids is 1. The monoisotopic (exact) mass is 531 g/mol. The zero-order valence-electron chi connectivity index (χ0n) is 19.1. The van der Waals surface area contributed by atoms with Crippen molar-refractivity contribution in [2.75, 3.05) is 11.9 Å². The third-order valence-corrected chi connectivity index (χ3v) is 5.75. The van der Waals surface area contributed by atoms with Gasteiger partial charge in [-0.15, -0.1) is 10.2 Å². The molecule has 1 aliphatic rings. The first kappa shape index (κ1) is 28.8. The number of benzene rings is 1. The number of anilines is 1. The van der Waals surface area contributed by atoms with Crippen LogP contribution in [-0.4, -0.2) is 57.9 Å². The van der Waals surface area contributed by atoms with Crippen molar-refractivity contribution in [2.45, 2.75) is 50.9 Å². The van der Waals surface area contributed by atoms with E-state index in [-0.39, 0.29) is 29.7 Å². The highest BCUT2D eigenvalue weighted by molar-refractivity contribution is 7.18. The van der Waals surface area contributed by atoms with Crippen LogP contribution in [0.15, 0.2) is 36.4 Å². The maximum Gasteiger partial charge on any atom is 0.490 e. The van der Waals surface area contributed by atoms with Crippen LogP contribution in [0.5, 0.6) is 0 Å². The van der Waals surface area contributed by atoms with Crippen molar-refractivity contribution in [1.29, 1.82) is 0 Å². The number of piperidine rings is 1. The molecule has 4 N–H and O–H groups in total. The van der Waals surface area contributed by atoms with Gasteiger partial charge in [-0.2, -0.15) is 13.2 Å². The molecule has 2 heterocycles. The van der Waals surface area contributed by atoms with Gasteiger partial charge in [0.05, 0.1) is 6.04 Å². The highest BCUT2D eigenvalue weighted by Gasteiger charge is 2.38. The molecule has 0 unspecified atom stereocenters. The van der Waals surface area contributed by atoms with Gasteiger partial charge in [0.15, 0.2) is 0 Å². The van der Waals surface area contributed by atoms with Crippen LogP contribution in [0.25, 0.3) is 10.6 Å². The van der Waals surface area contributed by atoms with E-state index in [1.54, 1.807) is 18.2 Å². The Hall–Kier alpha value is -3.39. The number of halogens is 4. The summed E-state index contributed by atoms with van der Waals surface area (Å²) in [6, 6.07) is 5.53. The van der Waals surface area contributed by atoms with Crippen LogP contribution in [0.2, 0.25) is 0 Å². The summed E-state index contributed by atoms with van der Waals surface area (Å²) >= 11 is 1.20. The highest BCUT2D eigenvalue weighted by atomic mass is 32.1. The van der Waals surface area contributed by atoms with Crippen molar-refractivity contribution >= 4 is 34.3 Å². The van der Waals surface area contributed by atoms with Gasteiger partial charge in [-0.25, -0.2) is 9.18 Å². The van der Waals surface area contributed by atoms with Crippen LogP contribution in [0.4, 0.5) is 22.7 Å². The smallest absolute Gasteiger partial charge is 0.475 e. The van der Waals surface area contributed by atoms with E-state index in [4.69, 9.17) is 9.90 Å². The largest absolute Gasteiger partial charge is 0.490 e. The maximum absolute atomic E-state index is 13.0. The lowest BCUT2D eigenvalue weighted by Crippen LogP contribution is -2.49. The Morgan fingerprint density at radius 1 is 1.22 bits per heavy atom. The highest BCUT2D eigenvalue weighted by Crippen LogP contribution is 2.26. The average molecular weight is 532 g/mol. The van der Waals surface area contributed by atoms with Gasteiger partial charge in [-0.05, 0) is 50.1 Å². The number of rotatable bonds is 7. The summed E-state index contributed by atoms with van der Waals surface area (Å²) in [6.45, 7) is 2.80. The Balaban J connectivity index is 0.000000572. The summed E-state index contributed by atoms with van der Waals surface area (Å²) in [6.07, 6.45) is 1.63. The van der Waals surface area contributed by atoms with Gasteiger partial charge in [0.2, 0.25) is 16.9 Å². The second-order valence-corrected chi connectivity index (χ2v) is 8.57. The van der Waals surface area contributed by atoms with Crippen LogP contribution in [0.3, 0.4) is 0 Å². The first-order valence-corrected chi connectivity index (χ1v) is 11.7. The second-order valence-electron chi connectivity index (χ2n) is 7.60. The van der Waals surface area contributed by atoms with Crippen molar-refractivity contribution in [2.24, 2.45) is 0 Å². The minimum atomic E-state index is -5.08. The minimum Gasteiger partial charge on any atom is -0.475 e. The van der Waals surface area contributed by atoms with Crippen LogP contribution in [0, 0.1) is 5.82 Å². The molecule has 0 saturated carbocycles. The van der Waals surface area contributed by atoms with E-state index in [0.29, 0.717) is 16.6 Å². The molecule has 196 valence electrons. The minimum absolute atomic E-state index is 0.0327. The zero-order chi connectivity index (χ0) is 26.7. The summed E-state index contributed by atoms with van der Waals surface area (Å²) < 4.78 is 44.8. The third kappa shape index (κ3) is 9.70. The van der Waals surface area contributed by atoms with Crippen molar-refractivity contribution in [3.63, 3.8) is 0 Å². The quantitative estimate of drug-likeness (QED) is 0.317. The summed E-state index contributed by atoms with van der Waals surface area (Å²) in [5, 5.41) is 24.9. The zero-order valence-corrected chi connectivity index (χ0v) is 20.0. The van der Waals surface area contributed by atoms with Crippen LogP contribution in [0.1, 0.15) is 32.6 Å². The Morgan fingerprint density at radius 2 is 1.89 bits per heavy atom. The second kappa shape index (κ2) is 13.6. The number of aromatic nitrogens is 2. The molecule has 0 radical (unpaired) electrons. The number of hydrogen-bond donors (Lipinski definition) is 4. The lowest BCUT2D eigenvalue weighted by atomic mass is 10.0. The number of carbonyl (C=O) groups is 3. The molecule has 1 aromatic heterocycles. The van der Waals surface area contributed by atoms with Crippen molar-refractivity contribution in [1.82, 2.24) is 20.8 Å². The van der Waals surface area contributed by atoms with E-state index in [1.807, 2.05) is 6.92 Å². The molecule has 2 aromatic rings. The molecular weight excluding hydrogens is 506 g/mol. The molecule has 0 aliphatic carbocycles. The number of nitrogens with one attached hydrogen (secondary N) is 3. The first-order chi connectivity index (χ1) is 17.0.